The van der Waals surface area contributed by atoms with Crippen molar-refractivity contribution in [2.75, 3.05) is 6.61 Å². The summed E-state index contributed by atoms with van der Waals surface area (Å²) in [5.74, 6) is -1.01. The van der Waals surface area contributed by atoms with Gasteiger partial charge in [0.2, 0.25) is 0 Å². The Hall–Kier alpha value is -3.95. The van der Waals surface area contributed by atoms with E-state index in [4.69, 9.17) is 14.2 Å². The van der Waals surface area contributed by atoms with Crippen molar-refractivity contribution in [1.82, 2.24) is 9.97 Å². The van der Waals surface area contributed by atoms with E-state index in [1.54, 1.807) is 0 Å². The van der Waals surface area contributed by atoms with Gasteiger partial charge in [-0.05, 0) is 67.8 Å². The normalized spacial score (nSPS) is 12.0. The van der Waals surface area contributed by atoms with E-state index in [-0.39, 0.29) is 23.4 Å². The van der Waals surface area contributed by atoms with Gasteiger partial charge in [-0.15, -0.1) is 0 Å². The van der Waals surface area contributed by atoms with Gasteiger partial charge in [0.05, 0.1) is 30.3 Å². The zero-order valence-electron chi connectivity index (χ0n) is 26.8. The van der Waals surface area contributed by atoms with Crippen molar-refractivity contribution in [2.45, 2.75) is 110 Å². The fourth-order valence-corrected chi connectivity index (χ4v) is 4.79. The van der Waals surface area contributed by atoms with E-state index in [1.165, 1.54) is 81.6 Å². The first-order chi connectivity index (χ1) is 22.2. The standard InChI is InChI=1S/C36H45F3N2O5/c1-3-5-7-9-10-11-12-14-24-44-29-20-16-27(17-21-29)31-25-41-32(26-40-31)35(43)45-30-22-18-28(19-23-30)34(42)46-33(36(37,38)39)15-13-8-6-4-2/h16-23,25-26,33H,3-15,24H2,1-2H3. The molecule has 0 aliphatic rings. The lowest BCUT2D eigenvalue weighted by Gasteiger charge is -2.20. The number of halogens is 3. The Morgan fingerprint density at radius 3 is 1.87 bits per heavy atom. The quantitative estimate of drug-likeness (QED) is 0.0689. The summed E-state index contributed by atoms with van der Waals surface area (Å²) in [6.45, 7) is 4.86. The molecule has 1 aromatic heterocycles. The highest BCUT2D eigenvalue weighted by Gasteiger charge is 2.42. The summed E-state index contributed by atoms with van der Waals surface area (Å²) in [5, 5.41) is 0. The molecule has 3 aromatic rings. The Morgan fingerprint density at radius 1 is 0.696 bits per heavy atom. The third kappa shape index (κ3) is 12.8. The van der Waals surface area contributed by atoms with Gasteiger partial charge in [0.25, 0.3) is 0 Å². The summed E-state index contributed by atoms with van der Waals surface area (Å²) in [6.07, 6.45) is 8.24. The number of unbranched alkanes of at least 4 members (excludes halogenated alkanes) is 10. The molecule has 7 nitrogen and oxygen atoms in total. The molecule has 0 bridgehead atoms. The monoisotopic (exact) mass is 642 g/mol. The molecule has 3 rings (SSSR count). The molecule has 1 atom stereocenters. The molecule has 0 saturated heterocycles. The van der Waals surface area contributed by atoms with Gasteiger partial charge in [-0.25, -0.2) is 14.6 Å². The van der Waals surface area contributed by atoms with Crippen LogP contribution in [0.3, 0.4) is 0 Å². The maximum Gasteiger partial charge on any atom is 0.425 e. The lowest BCUT2D eigenvalue weighted by Crippen LogP contribution is -2.33. The molecule has 46 heavy (non-hydrogen) atoms. The molecular weight excluding hydrogens is 597 g/mol. The Morgan fingerprint density at radius 2 is 1.28 bits per heavy atom. The molecule has 0 saturated carbocycles. The molecular formula is C36H45F3N2O5. The minimum absolute atomic E-state index is 0.0337. The van der Waals surface area contributed by atoms with Gasteiger partial charge < -0.3 is 14.2 Å². The molecule has 0 spiro atoms. The molecule has 0 aliphatic carbocycles. The Kier molecular flexibility index (Phi) is 15.5. The van der Waals surface area contributed by atoms with Crippen molar-refractivity contribution in [3.63, 3.8) is 0 Å². The van der Waals surface area contributed by atoms with Crippen molar-refractivity contribution < 1.29 is 37.0 Å². The van der Waals surface area contributed by atoms with E-state index < -0.39 is 24.2 Å². The number of carbonyl (C=O) groups is 2. The molecule has 2 aromatic carbocycles. The van der Waals surface area contributed by atoms with Crippen molar-refractivity contribution in [3.05, 3.63) is 72.2 Å². The number of nitrogens with zero attached hydrogens (tertiary/aromatic N) is 2. The summed E-state index contributed by atoms with van der Waals surface area (Å²) in [5.41, 5.74) is 1.25. The van der Waals surface area contributed by atoms with E-state index in [0.29, 0.717) is 25.1 Å². The van der Waals surface area contributed by atoms with Crippen LogP contribution in [0.15, 0.2) is 60.9 Å². The molecule has 0 fully saturated rings. The number of hydrogen-bond donors (Lipinski definition) is 0. The van der Waals surface area contributed by atoms with Crippen molar-refractivity contribution >= 4 is 11.9 Å². The number of rotatable bonds is 20. The second-order valence-corrected chi connectivity index (χ2v) is 11.3. The van der Waals surface area contributed by atoms with Gasteiger partial charge in [0.15, 0.2) is 11.8 Å². The molecule has 250 valence electrons. The zero-order chi connectivity index (χ0) is 33.2. The van der Waals surface area contributed by atoms with Crippen LogP contribution >= 0.6 is 0 Å². The van der Waals surface area contributed by atoms with Crippen molar-refractivity contribution in [1.29, 1.82) is 0 Å². The Balaban J connectivity index is 1.45. The lowest BCUT2D eigenvalue weighted by molar-refractivity contribution is -0.206. The smallest absolute Gasteiger partial charge is 0.425 e. The SMILES string of the molecule is CCCCCCCCCCOc1ccc(-c2cnc(C(=O)Oc3ccc(C(=O)OC(CCCCCC)C(F)(F)F)cc3)cn2)cc1. The predicted octanol–water partition coefficient (Wildman–Crippen LogP) is 9.94. The molecule has 0 amide bonds. The first kappa shape index (κ1) is 36.5. The number of ether oxygens (including phenoxy) is 3. The van der Waals surface area contributed by atoms with Gasteiger partial charge in [0.1, 0.15) is 11.5 Å². The van der Waals surface area contributed by atoms with E-state index in [1.807, 2.05) is 31.2 Å². The summed E-state index contributed by atoms with van der Waals surface area (Å²) in [7, 11) is 0. The van der Waals surface area contributed by atoms with Crippen LogP contribution in [0.1, 0.15) is 118 Å². The summed E-state index contributed by atoms with van der Waals surface area (Å²) in [6, 6.07) is 12.6. The highest BCUT2D eigenvalue weighted by Crippen LogP contribution is 2.28. The van der Waals surface area contributed by atoms with Crippen molar-refractivity contribution in [3.8, 4) is 22.8 Å². The van der Waals surface area contributed by atoms with Crippen LogP contribution in [0.25, 0.3) is 11.3 Å². The van der Waals surface area contributed by atoms with Gasteiger partial charge in [0, 0.05) is 5.56 Å². The number of esters is 2. The van der Waals surface area contributed by atoms with Crippen LogP contribution in [0.2, 0.25) is 0 Å². The minimum Gasteiger partial charge on any atom is -0.494 e. The minimum atomic E-state index is -4.65. The summed E-state index contributed by atoms with van der Waals surface area (Å²) < 4.78 is 56.0. The maximum atomic E-state index is 13.4. The van der Waals surface area contributed by atoms with Crippen LogP contribution < -0.4 is 9.47 Å². The fourth-order valence-electron chi connectivity index (χ4n) is 4.79. The van der Waals surface area contributed by atoms with E-state index in [9.17, 15) is 22.8 Å². The largest absolute Gasteiger partial charge is 0.494 e. The second-order valence-electron chi connectivity index (χ2n) is 11.3. The fraction of sp³-hybridized carbons (Fsp3) is 0.500. The highest BCUT2D eigenvalue weighted by molar-refractivity contribution is 5.91. The number of hydrogen-bond acceptors (Lipinski definition) is 7. The molecule has 0 aliphatic heterocycles. The van der Waals surface area contributed by atoms with E-state index in [0.717, 1.165) is 30.6 Å². The van der Waals surface area contributed by atoms with Crippen LogP contribution in [-0.2, 0) is 4.74 Å². The van der Waals surface area contributed by atoms with Gasteiger partial charge in [-0.3, -0.25) is 4.98 Å². The number of alkyl halides is 3. The zero-order valence-corrected chi connectivity index (χ0v) is 26.8. The summed E-state index contributed by atoms with van der Waals surface area (Å²) in [4.78, 5) is 33.5. The Labute approximate surface area is 269 Å². The maximum absolute atomic E-state index is 13.4. The number of aromatic nitrogens is 2. The van der Waals surface area contributed by atoms with Gasteiger partial charge >= 0.3 is 18.1 Å². The molecule has 0 N–H and O–H groups in total. The molecule has 10 heteroatoms. The predicted molar refractivity (Wildman–Crippen MR) is 171 cm³/mol. The van der Waals surface area contributed by atoms with Crippen LogP contribution in [-0.4, -0.2) is 40.8 Å². The number of carbonyl (C=O) groups excluding carboxylic acids is 2. The van der Waals surface area contributed by atoms with Gasteiger partial charge in [-0.1, -0.05) is 78.1 Å². The van der Waals surface area contributed by atoms with Crippen LogP contribution in [0.5, 0.6) is 11.5 Å². The lowest BCUT2D eigenvalue weighted by atomic mass is 10.1. The highest BCUT2D eigenvalue weighted by atomic mass is 19.4. The summed E-state index contributed by atoms with van der Waals surface area (Å²) >= 11 is 0. The third-order valence-electron chi connectivity index (χ3n) is 7.51. The third-order valence-corrected chi connectivity index (χ3v) is 7.51. The first-order valence-electron chi connectivity index (χ1n) is 16.4. The van der Waals surface area contributed by atoms with Crippen LogP contribution in [0.4, 0.5) is 13.2 Å². The molecule has 1 heterocycles. The van der Waals surface area contributed by atoms with E-state index in [2.05, 4.69) is 16.9 Å². The number of benzene rings is 2. The van der Waals surface area contributed by atoms with Crippen molar-refractivity contribution in [2.24, 2.45) is 0 Å². The topological polar surface area (TPSA) is 87.6 Å². The van der Waals surface area contributed by atoms with Gasteiger partial charge in [-0.2, -0.15) is 13.2 Å². The second kappa shape index (κ2) is 19.5. The molecule has 1 unspecified atom stereocenters. The van der Waals surface area contributed by atoms with E-state index >= 15 is 0 Å². The molecule has 0 radical (unpaired) electrons. The first-order valence-corrected chi connectivity index (χ1v) is 16.4. The average molecular weight is 643 g/mol. The van der Waals surface area contributed by atoms with Crippen LogP contribution in [0, 0.1) is 0 Å². The Bertz CT molecular complexity index is 1310. The average Bonchev–Trinajstić information content (AvgIpc) is 3.05.